The zero-order valence-corrected chi connectivity index (χ0v) is 8.71. The van der Waals surface area contributed by atoms with E-state index in [2.05, 4.69) is 4.84 Å². The highest BCUT2D eigenvalue weighted by Crippen LogP contribution is 2.08. The molecular weight excluding hydrogens is 182 g/mol. The summed E-state index contributed by atoms with van der Waals surface area (Å²) < 4.78 is 0. The van der Waals surface area contributed by atoms with Crippen molar-refractivity contribution in [2.45, 2.75) is 51.4 Å². The van der Waals surface area contributed by atoms with Gasteiger partial charge in [-0.25, -0.2) is 0 Å². The first-order chi connectivity index (χ1) is 6.81. The van der Waals surface area contributed by atoms with Crippen LogP contribution in [0.3, 0.4) is 0 Å². The van der Waals surface area contributed by atoms with Gasteiger partial charge in [0.15, 0.2) is 0 Å². The molecule has 3 N–H and O–H groups in total. The van der Waals surface area contributed by atoms with Crippen molar-refractivity contribution < 1.29 is 14.7 Å². The highest BCUT2D eigenvalue weighted by atomic mass is 16.7. The summed E-state index contributed by atoms with van der Waals surface area (Å²) in [6, 6.07) is 0. The second kappa shape index (κ2) is 10.5. The van der Waals surface area contributed by atoms with Crippen molar-refractivity contribution >= 4 is 5.97 Å². The summed E-state index contributed by atoms with van der Waals surface area (Å²) in [7, 11) is 0. The normalized spacial score (nSPS) is 10.1. The molecule has 0 aliphatic rings. The van der Waals surface area contributed by atoms with Crippen LogP contribution in [0.25, 0.3) is 0 Å². The van der Waals surface area contributed by atoms with Crippen molar-refractivity contribution in [3.63, 3.8) is 0 Å². The average molecular weight is 203 g/mol. The van der Waals surface area contributed by atoms with Crippen LogP contribution in [0.4, 0.5) is 0 Å². The Kier molecular flexibility index (Phi) is 10.0. The van der Waals surface area contributed by atoms with E-state index in [0.29, 0.717) is 13.0 Å². The molecule has 0 atom stereocenters. The molecule has 0 bridgehead atoms. The lowest BCUT2D eigenvalue weighted by molar-refractivity contribution is -0.144. The average Bonchev–Trinajstić information content (AvgIpc) is 2.21. The van der Waals surface area contributed by atoms with Crippen LogP contribution in [0.1, 0.15) is 51.4 Å². The number of aliphatic hydroxyl groups excluding tert-OH is 1. The lowest BCUT2D eigenvalue weighted by Gasteiger charge is -2.00. The molecule has 4 nitrogen and oxygen atoms in total. The van der Waals surface area contributed by atoms with Gasteiger partial charge in [0.2, 0.25) is 0 Å². The maximum Gasteiger partial charge on any atom is 0.324 e. The molecule has 0 amide bonds. The van der Waals surface area contributed by atoms with Gasteiger partial charge in [-0.05, 0) is 12.8 Å². The van der Waals surface area contributed by atoms with Gasteiger partial charge in [0.05, 0.1) is 0 Å². The van der Waals surface area contributed by atoms with Gasteiger partial charge in [0.25, 0.3) is 0 Å². The molecule has 0 radical (unpaired) electrons. The second-order valence-electron chi connectivity index (χ2n) is 3.44. The van der Waals surface area contributed by atoms with Crippen LogP contribution < -0.4 is 5.90 Å². The second-order valence-corrected chi connectivity index (χ2v) is 3.44. The highest BCUT2D eigenvalue weighted by Gasteiger charge is 1.99. The number of nitrogens with two attached hydrogens (primary N) is 1. The molecule has 0 fully saturated rings. The number of aliphatic hydroxyl groups is 1. The third kappa shape index (κ3) is 9.48. The van der Waals surface area contributed by atoms with Crippen molar-refractivity contribution in [1.29, 1.82) is 0 Å². The van der Waals surface area contributed by atoms with E-state index < -0.39 is 0 Å². The molecule has 0 aliphatic carbocycles. The Labute approximate surface area is 85.4 Å². The van der Waals surface area contributed by atoms with Gasteiger partial charge in [-0.1, -0.05) is 32.1 Å². The number of carbonyl (C=O) groups is 1. The molecule has 14 heavy (non-hydrogen) atoms. The Balaban J connectivity index is 2.95. The zero-order valence-electron chi connectivity index (χ0n) is 8.71. The molecule has 0 aromatic carbocycles. The van der Waals surface area contributed by atoms with Crippen LogP contribution in [0.5, 0.6) is 0 Å². The van der Waals surface area contributed by atoms with Crippen molar-refractivity contribution in [2.75, 3.05) is 6.61 Å². The Morgan fingerprint density at radius 2 is 1.50 bits per heavy atom. The summed E-state index contributed by atoms with van der Waals surface area (Å²) in [6.07, 6.45) is 7.82. The first kappa shape index (κ1) is 13.4. The molecule has 0 aromatic rings. The van der Waals surface area contributed by atoms with E-state index in [4.69, 9.17) is 11.0 Å². The van der Waals surface area contributed by atoms with E-state index in [9.17, 15) is 4.79 Å². The van der Waals surface area contributed by atoms with Gasteiger partial charge in [-0.2, -0.15) is 5.90 Å². The van der Waals surface area contributed by atoms with Gasteiger partial charge in [-0.3, -0.25) is 4.79 Å². The third-order valence-electron chi connectivity index (χ3n) is 2.17. The number of hydrogen-bond donors (Lipinski definition) is 2. The number of unbranched alkanes of at least 4 members (excludes halogenated alkanes) is 6. The summed E-state index contributed by atoms with van der Waals surface area (Å²) in [5.74, 6) is 4.37. The SMILES string of the molecule is NOC(=O)CCCCCCCCCO. The number of carbonyl (C=O) groups excluding carboxylic acids is 1. The van der Waals surface area contributed by atoms with Gasteiger partial charge < -0.3 is 9.94 Å². The van der Waals surface area contributed by atoms with Crippen molar-refractivity contribution in [3.8, 4) is 0 Å². The third-order valence-corrected chi connectivity index (χ3v) is 2.17. The summed E-state index contributed by atoms with van der Waals surface area (Å²) in [6.45, 7) is 0.294. The predicted octanol–water partition coefficient (Wildman–Crippen LogP) is 1.52. The van der Waals surface area contributed by atoms with Gasteiger partial charge in [0.1, 0.15) is 0 Å². The lowest BCUT2D eigenvalue weighted by Crippen LogP contribution is -2.08. The van der Waals surface area contributed by atoms with E-state index in [1.807, 2.05) is 0 Å². The minimum Gasteiger partial charge on any atom is -0.396 e. The van der Waals surface area contributed by atoms with Crippen LogP contribution in [-0.4, -0.2) is 17.7 Å². The smallest absolute Gasteiger partial charge is 0.324 e. The first-order valence-electron chi connectivity index (χ1n) is 5.31. The molecule has 0 unspecified atom stereocenters. The van der Waals surface area contributed by atoms with E-state index in [0.717, 1.165) is 32.1 Å². The Morgan fingerprint density at radius 3 is 2.00 bits per heavy atom. The fourth-order valence-corrected chi connectivity index (χ4v) is 1.32. The van der Waals surface area contributed by atoms with Crippen LogP contribution in [-0.2, 0) is 9.63 Å². The molecule has 0 rings (SSSR count). The predicted molar refractivity (Wildman–Crippen MR) is 54.3 cm³/mol. The lowest BCUT2D eigenvalue weighted by atomic mass is 10.1. The Bertz CT molecular complexity index is 139. The summed E-state index contributed by atoms with van der Waals surface area (Å²) in [5, 5.41) is 8.53. The molecule has 0 spiro atoms. The Hall–Kier alpha value is -0.610. The largest absolute Gasteiger partial charge is 0.396 e. The molecule has 0 saturated heterocycles. The summed E-state index contributed by atoms with van der Waals surface area (Å²) >= 11 is 0. The van der Waals surface area contributed by atoms with Crippen LogP contribution in [0.15, 0.2) is 0 Å². The minimum absolute atomic E-state index is 0.294. The molecule has 0 aliphatic heterocycles. The monoisotopic (exact) mass is 203 g/mol. The summed E-state index contributed by atoms with van der Waals surface area (Å²) in [5.41, 5.74) is 0. The van der Waals surface area contributed by atoms with Crippen LogP contribution in [0, 0.1) is 0 Å². The standard InChI is InChI=1S/C10H21NO3/c11-14-10(13)8-6-4-2-1-3-5-7-9-12/h12H,1-9,11H2. The molecule has 4 heteroatoms. The van der Waals surface area contributed by atoms with E-state index in [1.165, 1.54) is 12.8 Å². The molecule has 84 valence electrons. The van der Waals surface area contributed by atoms with E-state index in [1.54, 1.807) is 0 Å². The fourth-order valence-electron chi connectivity index (χ4n) is 1.32. The number of hydrogen-bond acceptors (Lipinski definition) is 4. The summed E-state index contributed by atoms with van der Waals surface area (Å²) in [4.78, 5) is 14.7. The van der Waals surface area contributed by atoms with E-state index in [-0.39, 0.29) is 5.97 Å². The zero-order chi connectivity index (χ0) is 10.6. The maximum atomic E-state index is 10.6. The van der Waals surface area contributed by atoms with Gasteiger partial charge in [0, 0.05) is 13.0 Å². The molecule has 0 aromatic heterocycles. The molecular formula is C10H21NO3. The fraction of sp³-hybridized carbons (Fsp3) is 0.900. The van der Waals surface area contributed by atoms with Gasteiger partial charge in [-0.15, -0.1) is 0 Å². The Morgan fingerprint density at radius 1 is 1.00 bits per heavy atom. The van der Waals surface area contributed by atoms with Gasteiger partial charge >= 0.3 is 5.97 Å². The number of rotatable bonds is 9. The maximum absolute atomic E-state index is 10.6. The van der Waals surface area contributed by atoms with Crippen LogP contribution >= 0.6 is 0 Å². The highest BCUT2D eigenvalue weighted by molar-refractivity contribution is 5.68. The van der Waals surface area contributed by atoms with Crippen LogP contribution in [0.2, 0.25) is 0 Å². The minimum atomic E-state index is -0.328. The molecule has 0 heterocycles. The molecule has 0 saturated carbocycles. The van der Waals surface area contributed by atoms with Crippen molar-refractivity contribution in [3.05, 3.63) is 0 Å². The van der Waals surface area contributed by atoms with Crippen molar-refractivity contribution in [2.24, 2.45) is 5.90 Å². The topological polar surface area (TPSA) is 72.5 Å². The van der Waals surface area contributed by atoms with E-state index >= 15 is 0 Å². The quantitative estimate of drug-likeness (QED) is 0.440. The first-order valence-corrected chi connectivity index (χ1v) is 5.31. The van der Waals surface area contributed by atoms with Crippen molar-refractivity contribution in [1.82, 2.24) is 0 Å².